The van der Waals surface area contributed by atoms with Gasteiger partial charge in [0.05, 0.1) is 0 Å². The predicted molar refractivity (Wildman–Crippen MR) is 78.0 cm³/mol. The number of rotatable bonds is 4. The lowest BCUT2D eigenvalue weighted by molar-refractivity contribution is 0.626. The molecule has 20 heavy (non-hydrogen) atoms. The minimum Gasteiger partial charge on any atom is -0.330 e. The molecule has 2 heterocycles. The molecule has 0 spiro atoms. The second-order valence-electron chi connectivity index (χ2n) is 4.82. The Labute approximate surface area is 116 Å². The Kier molecular flexibility index (Phi) is 3.48. The van der Waals surface area contributed by atoms with Crippen molar-refractivity contribution >= 4 is 11.0 Å². The highest BCUT2D eigenvalue weighted by Crippen LogP contribution is 2.20. The average Bonchev–Trinajstić information content (AvgIpc) is 2.81. The summed E-state index contributed by atoms with van der Waals surface area (Å²) in [5.74, 6) is -0.215. The van der Waals surface area contributed by atoms with E-state index in [0.717, 1.165) is 23.0 Å². The summed E-state index contributed by atoms with van der Waals surface area (Å²) in [6.45, 7) is 1.29. The summed E-state index contributed by atoms with van der Waals surface area (Å²) in [5.41, 5.74) is 8.86. The van der Waals surface area contributed by atoms with E-state index < -0.39 is 0 Å². The van der Waals surface area contributed by atoms with E-state index in [1.165, 1.54) is 17.7 Å². The van der Waals surface area contributed by atoms with Crippen molar-refractivity contribution < 1.29 is 4.39 Å². The van der Waals surface area contributed by atoms with Gasteiger partial charge in [0.2, 0.25) is 0 Å². The molecule has 3 rings (SSSR count). The van der Waals surface area contributed by atoms with Crippen molar-refractivity contribution in [3.8, 4) is 0 Å². The summed E-state index contributed by atoms with van der Waals surface area (Å²) in [7, 11) is 0. The van der Waals surface area contributed by atoms with E-state index in [2.05, 4.69) is 21.8 Å². The maximum Gasteiger partial charge on any atom is 0.140 e. The minimum atomic E-state index is -0.215. The van der Waals surface area contributed by atoms with E-state index in [9.17, 15) is 4.39 Å². The van der Waals surface area contributed by atoms with Gasteiger partial charge in [-0.3, -0.25) is 0 Å². The molecule has 0 radical (unpaired) electrons. The van der Waals surface area contributed by atoms with Gasteiger partial charge in [0.25, 0.3) is 0 Å². The van der Waals surface area contributed by atoms with Gasteiger partial charge in [0, 0.05) is 24.3 Å². The normalized spacial score (nSPS) is 11.1. The first kappa shape index (κ1) is 12.8. The molecule has 3 aromatic rings. The monoisotopic (exact) mass is 269 g/mol. The van der Waals surface area contributed by atoms with Crippen LogP contribution in [-0.4, -0.2) is 16.1 Å². The molecule has 0 saturated heterocycles. The van der Waals surface area contributed by atoms with Gasteiger partial charge >= 0.3 is 0 Å². The lowest BCUT2D eigenvalue weighted by atomic mass is 10.2. The van der Waals surface area contributed by atoms with Crippen LogP contribution in [0.4, 0.5) is 4.39 Å². The highest BCUT2D eigenvalue weighted by Gasteiger charge is 2.09. The van der Waals surface area contributed by atoms with E-state index >= 15 is 0 Å². The second-order valence-corrected chi connectivity index (χ2v) is 4.82. The Hall–Kier alpha value is -2.20. The van der Waals surface area contributed by atoms with E-state index in [0.29, 0.717) is 13.1 Å². The molecular formula is C16H16FN3. The van der Waals surface area contributed by atoms with Gasteiger partial charge in [-0.05, 0) is 48.4 Å². The number of hydrogen-bond acceptors (Lipinski definition) is 2. The second kappa shape index (κ2) is 5.43. The lowest BCUT2D eigenvalue weighted by Crippen LogP contribution is -2.02. The average molecular weight is 269 g/mol. The van der Waals surface area contributed by atoms with Gasteiger partial charge < -0.3 is 10.3 Å². The van der Waals surface area contributed by atoms with Crippen molar-refractivity contribution in [2.75, 3.05) is 6.54 Å². The van der Waals surface area contributed by atoms with Crippen molar-refractivity contribution in [1.82, 2.24) is 9.55 Å². The molecule has 0 aliphatic heterocycles. The molecule has 2 aromatic heterocycles. The number of benzene rings is 1. The Morgan fingerprint density at radius 2 is 1.95 bits per heavy atom. The number of halogens is 1. The van der Waals surface area contributed by atoms with Gasteiger partial charge in [-0.1, -0.05) is 12.1 Å². The molecule has 0 saturated carbocycles. The Morgan fingerprint density at radius 1 is 1.15 bits per heavy atom. The van der Waals surface area contributed by atoms with Crippen molar-refractivity contribution in [1.29, 1.82) is 0 Å². The van der Waals surface area contributed by atoms with Crippen LogP contribution in [-0.2, 0) is 13.0 Å². The van der Waals surface area contributed by atoms with Gasteiger partial charge in [-0.15, -0.1) is 0 Å². The Balaban J connectivity index is 2.00. The molecule has 0 aliphatic rings. The molecular weight excluding hydrogens is 253 g/mol. The fraction of sp³-hybridized carbons (Fsp3) is 0.188. The van der Waals surface area contributed by atoms with Crippen LogP contribution < -0.4 is 5.73 Å². The van der Waals surface area contributed by atoms with Crippen LogP contribution >= 0.6 is 0 Å². The highest BCUT2D eigenvalue weighted by molar-refractivity contribution is 5.80. The Morgan fingerprint density at radius 3 is 2.70 bits per heavy atom. The van der Waals surface area contributed by atoms with Gasteiger partial charge in [0.15, 0.2) is 0 Å². The predicted octanol–water partition coefficient (Wildman–Crippen LogP) is 2.72. The molecule has 1 aromatic carbocycles. The maximum absolute atomic E-state index is 12.9. The van der Waals surface area contributed by atoms with Crippen LogP contribution in [0.1, 0.15) is 11.1 Å². The fourth-order valence-electron chi connectivity index (χ4n) is 2.46. The molecule has 4 heteroatoms. The third-order valence-electron chi connectivity index (χ3n) is 3.40. The zero-order valence-electron chi connectivity index (χ0n) is 11.1. The van der Waals surface area contributed by atoms with Gasteiger partial charge in [0.1, 0.15) is 11.5 Å². The minimum absolute atomic E-state index is 0.215. The zero-order chi connectivity index (χ0) is 13.9. The lowest BCUT2D eigenvalue weighted by Gasteiger charge is -2.04. The van der Waals surface area contributed by atoms with E-state index in [1.807, 2.05) is 6.07 Å². The largest absolute Gasteiger partial charge is 0.330 e. The van der Waals surface area contributed by atoms with Crippen molar-refractivity contribution in [2.45, 2.75) is 13.0 Å². The van der Waals surface area contributed by atoms with E-state index in [-0.39, 0.29) is 5.82 Å². The first-order chi connectivity index (χ1) is 9.78. The van der Waals surface area contributed by atoms with Gasteiger partial charge in [-0.2, -0.15) is 0 Å². The molecule has 0 atom stereocenters. The van der Waals surface area contributed by atoms with Crippen molar-refractivity contribution in [3.05, 3.63) is 65.7 Å². The maximum atomic E-state index is 12.9. The van der Waals surface area contributed by atoms with Crippen molar-refractivity contribution in [2.24, 2.45) is 5.73 Å². The van der Waals surface area contributed by atoms with Crippen LogP contribution in [0.5, 0.6) is 0 Å². The van der Waals surface area contributed by atoms with E-state index in [4.69, 9.17) is 5.73 Å². The van der Waals surface area contributed by atoms with Crippen LogP contribution in [0, 0.1) is 5.82 Å². The summed E-state index contributed by atoms with van der Waals surface area (Å²) in [5, 5.41) is 1.14. The molecule has 3 nitrogen and oxygen atoms in total. The summed E-state index contributed by atoms with van der Waals surface area (Å²) >= 11 is 0. The molecule has 0 fully saturated rings. The number of aromatic nitrogens is 2. The molecule has 0 aliphatic carbocycles. The first-order valence-corrected chi connectivity index (χ1v) is 6.65. The Bertz CT molecular complexity index is 716. The quantitative estimate of drug-likeness (QED) is 0.791. The topological polar surface area (TPSA) is 43.8 Å². The number of hydrogen-bond donors (Lipinski definition) is 1. The van der Waals surface area contributed by atoms with Crippen molar-refractivity contribution in [3.63, 3.8) is 0 Å². The van der Waals surface area contributed by atoms with Crippen LogP contribution in [0.3, 0.4) is 0 Å². The van der Waals surface area contributed by atoms with Crippen LogP contribution in [0.25, 0.3) is 11.0 Å². The summed E-state index contributed by atoms with van der Waals surface area (Å²) < 4.78 is 15.0. The molecule has 2 N–H and O–H groups in total. The third-order valence-corrected chi connectivity index (χ3v) is 3.40. The smallest absolute Gasteiger partial charge is 0.140 e. The number of nitrogens with zero attached hydrogens (tertiary/aromatic N) is 2. The first-order valence-electron chi connectivity index (χ1n) is 6.65. The van der Waals surface area contributed by atoms with Crippen LogP contribution in [0.2, 0.25) is 0 Å². The molecule has 0 unspecified atom stereocenters. The van der Waals surface area contributed by atoms with E-state index in [1.54, 1.807) is 18.3 Å². The summed E-state index contributed by atoms with van der Waals surface area (Å²) in [6, 6.07) is 10.6. The summed E-state index contributed by atoms with van der Waals surface area (Å²) in [4.78, 5) is 4.45. The SMILES string of the molecule is NCCc1cn(Cc2ccc(F)cc2)c2ncccc12. The highest BCUT2D eigenvalue weighted by atomic mass is 19.1. The molecule has 0 amide bonds. The third kappa shape index (κ3) is 2.42. The molecule has 0 bridgehead atoms. The van der Waals surface area contributed by atoms with Crippen LogP contribution in [0.15, 0.2) is 48.8 Å². The summed E-state index contributed by atoms with van der Waals surface area (Å²) in [6.07, 6.45) is 4.71. The number of nitrogens with two attached hydrogens (primary N) is 1. The zero-order valence-corrected chi connectivity index (χ0v) is 11.1. The number of fused-ring (bicyclic) bond motifs is 1. The van der Waals surface area contributed by atoms with Gasteiger partial charge in [-0.25, -0.2) is 9.37 Å². The molecule has 102 valence electrons. The number of pyridine rings is 1. The standard InChI is InChI=1S/C16H16FN3/c17-14-5-3-12(4-6-14)10-20-11-13(7-8-18)15-2-1-9-19-16(15)20/h1-6,9,11H,7-8,10,18H2. The fourth-order valence-corrected chi connectivity index (χ4v) is 2.46.